The van der Waals surface area contributed by atoms with Crippen molar-refractivity contribution in [2.75, 3.05) is 7.11 Å². The first kappa shape index (κ1) is 18.7. The Hall–Kier alpha value is -2.13. The molecule has 1 aromatic heterocycles. The molecule has 0 amide bonds. The largest absolute Gasteiger partial charge is 0.497 e. The lowest BCUT2D eigenvalue weighted by molar-refractivity contribution is 0.415. The van der Waals surface area contributed by atoms with E-state index in [2.05, 4.69) is 4.99 Å². The van der Waals surface area contributed by atoms with Gasteiger partial charge in [0.05, 0.1) is 23.5 Å². The molecule has 0 aliphatic carbocycles. The van der Waals surface area contributed by atoms with Crippen molar-refractivity contribution in [3.05, 3.63) is 57.7 Å². The van der Waals surface area contributed by atoms with Crippen LogP contribution < -0.4 is 14.7 Å². The van der Waals surface area contributed by atoms with Crippen molar-refractivity contribution < 1.29 is 13.2 Å². The highest BCUT2D eigenvalue weighted by molar-refractivity contribution is 7.89. The average Bonchev–Trinajstić information content (AvgIpc) is 2.96. The van der Waals surface area contributed by atoms with Crippen LogP contribution in [0.2, 0.25) is 5.02 Å². The summed E-state index contributed by atoms with van der Waals surface area (Å²) in [7, 11) is -0.427. The number of rotatable bonds is 4. The monoisotopic (exact) mass is 409 g/mol. The molecule has 0 spiro atoms. The second kappa shape index (κ2) is 7.24. The predicted octanol–water partition coefficient (Wildman–Crippen LogP) is 3.30. The smallest absolute Gasteiger partial charge is 0.239 e. The molecule has 2 N–H and O–H groups in total. The molecule has 2 aromatic carbocycles. The number of primary sulfonamides is 1. The minimum Gasteiger partial charge on any atom is -0.497 e. The Labute approximate surface area is 160 Å². The molecule has 0 aliphatic rings. The van der Waals surface area contributed by atoms with Gasteiger partial charge in [0, 0.05) is 18.0 Å². The SMILES string of the molecule is COc1ccc(N=c2scc(-c3ccc(Cl)c(S(N)(=O)=O)c3)n2C)cc1. The number of halogens is 1. The molecule has 0 saturated carbocycles. The third-order valence-corrected chi connectivity index (χ3v) is 6.06. The van der Waals surface area contributed by atoms with Crippen molar-refractivity contribution in [2.24, 2.45) is 17.2 Å². The second-order valence-corrected chi connectivity index (χ2v) is 8.24. The summed E-state index contributed by atoms with van der Waals surface area (Å²) in [4.78, 5) is 5.27. The van der Waals surface area contributed by atoms with Crippen molar-refractivity contribution in [3.8, 4) is 17.0 Å². The van der Waals surface area contributed by atoms with Crippen molar-refractivity contribution in [3.63, 3.8) is 0 Å². The maximum atomic E-state index is 11.7. The Morgan fingerprint density at radius 1 is 1.19 bits per heavy atom. The van der Waals surface area contributed by atoms with Crippen molar-refractivity contribution in [2.45, 2.75) is 4.90 Å². The van der Waals surface area contributed by atoms with Crippen LogP contribution in [0.3, 0.4) is 0 Å². The number of benzene rings is 2. The molecular formula is C17H16ClN3O3S2. The molecule has 0 saturated heterocycles. The molecule has 1 heterocycles. The normalized spacial score (nSPS) is 12.4. The number of methoxy groups -OCH3 is 1. The molecule has 26 heavy (non-hydrogen) atoms. The molecular weight excluding hydrogens is 394 g/mol. The average molecular weight is 410 g/mol. The van der Waals surface area contributed by atoms with E-state index in [1.807, 2.05) is 41.3 Å². The molecule has 3 aromatic rings. The van der Waals surface area contributed by atoms with Gasteiger partial charge in [0.1, 0.15) is 10.6 Å². The molecule has 9 heteroatoms. The summed E-state index contributed by atoms with van der Waals surface area (Å²) >= 11 is 7.40. The van der Waals surface area contributed by atoms with Crippen LogP contribution in [-0.2, 0) is 17.1 Å². The van der Waals surface area contributed by atoms with Gasteiger partial charge in [-0.25, -0.2) is 18.5 Å². The molecule has 3 rings (SSSR count). The Morgan fingerprint density at radius 2 is 1.88 bits per heavy atom. The van der Waals surface area contributed by atoms with E-state index in [-0.39, 0.29) is 9.92 Å². The highest BCUT2D eigenvalue weighted by Gasteiger charge is 2.15. The number of hydrogen-bond donors (Lipinski definition) is 1. The van der Waals surface area contributed by atoms with Gasteiger partial charge >= 0.3 is 0 Å². The molecule has 0 aliphatic heterocycles. The highest BCUT2D eigenvalue weighted by atomic mass is 35.5. The number of nitrogens with zero attached hydrogens (tertiary/aromatic N) is 2. The van der Waals surface area contributed by atoms with E-state index in [0.29, 0.717) is 5.56 Å². The van der Waals surface area contributed by atoms with Gasteiger partial charge in [-0.3, -0.25) is 0 Å². The van der Waals surface area contributed by atoms with Gasteiger partial charge in [0.25, 0.3) is 0 Å². The van der Waals surface area contributed by atoms with Gasteiger partial charge in [-0.15, -0.1) is 11.3 Å². The zero-order valence-electron chi connectivity index (χ0n) is 14.0. The predicted molar refractivity (Wildman–Crippen MR) is 103 cm³/mol. The number of ether oxygens (including phenoxy) is 1. The first-order chi connectivity index (χ1) is 12.3. The summed E-state index contributed by atoms with van der Waals surface area (Å²) in [5.74, 6) is 0.761. The molecule has 0 radical (unpaired) electrons. The van der Waals surface area contributed by atoms with Crippen LogP contribution in [0.15, 0.2) is 57.7 Å². The molecule has 6 nitrogen and oxygen atoms in total. The Kier molecular flexibility index (Phi) is 5.19. The molecule has 0 fully saturated rings. The van der Waals surface area contributed by atoms with Gasteiger partial charge in [-0.05, 0) is 36.4 Å². The van der Waals surface area contributed by atoms with E-state index < -0.39 is 10.0 Å². The summed E-state index contributed by atoms with van der Waals surface area (Å²) in [5.41, 5.74) is 2.29. The van der Waals surface area contributed by atoms with Crippen LogP contribution in [0.1, 0.15) is 0 Å². The minimum atomic E-state index is -3.90. The van der Waals surface area contributed by atoms with E-state index in [9.17, 15) is 8.42 Å². The summed E-state index contributed by atoms with van der Waals surface area (Å²) in [6, 6.07) is 12.1. The first-order valence-corrected chi connectivity index (χ1v) is 10.3. The minimum absolute atomic E-state index is 0.0947. The van der Waals surface area contributed by atoms with Crippen LogP contribution in [-0.4, -0.2) is 20.1 Å². The number of sulfonamides is 1. The van der Waals surface area contributed by atoms with Crippen LogP contribution in [0.4, 0.5) is 5.69 Å². The van der Waals surface area contributed by atoms with Crippen LogP contribution >= 0.6 is 22.9 Å². The number of hydrogen-bond acceptors (Lipinski definition) is 5. The molecule has 136 valence electrons. The Balaban J connectivity index is 2.05. The van der Waals surface area contributed by atoms with E-state index in [4.69, 9.17) is 21.5 Å². The highest BCUT2D eigenvalue weighted by Crippen LogP contribution is 2.28. The molecule has 0 atom stereocenters. The lowest BCUT2D eigenvalue weighted by atomic mass is 10.2. The van der Waals surface area contributed by atoms with Crippen molar-refractivity contribution >= 4 is 38.6 Å². The Bertz CT molecular complexity index is 1120. The summed E-state index contributed by atoms with van der Waals surface area (Å²) in [6.07, 6.45) is 0. The van der Waals surface area contributed by atoms with Gasteiger partial charge in [-0.2, -0.15) is 0 Å². The van der Waals surface area contributed by atoms with Gasteiger partial charge < -0.3 is 9.30 Å². The quantitative estimate of drug-likeness (QED) is 0.717. The topological polar surface area (TPSA) is 86.7 Å². The summed E-state index contributed by atoms with van der Waals surface area (Å²) in [6.45, 7) is 0. The first-order valence-electron chi connectivity index (χ1n) is 7.45. The summed E-state index contributed by atoms with van der Waals surface area (Å²) < 4.78 is 30.4. The van der Waals surface area contributed by atoms with E-state index in [0.717, 1.165) is 21.9 Å². The fourth-order valence-electron chi connectivity index (χ4n) is 2.38. The number of aromatic nitrogens is 1. The second-order valence-electron chi connectivity index (χ2n) is 5.46. The standard InChI is InChI=1S/C17H16ClN3O3S2/c1-21-15(11-3-8-14(18)16(9-11)26(19,22)23)10-25-17(21)20-12-4-6-13(24-2)7-5-12/h3-10H,1-2H3,(H2,19,22,23). The maximum Gasteiger partial charge on any atom is 0.239 e. The zero-order chi connectivity index (χ0) is 18.9. The molecule has 0 unspecified atom stereocenters. The van der Waals surface area contributed by atoms with E-state index in [1.165, 1.54) is 23.5 Å². The van der Waals surface area contributed by atoms with Gasteiger partial charge in [-0.1, -0.05) is 17.7 Å². The lowest BCUT2D eigenvalue weighted by Gasteiger charge is -2.07. The lowest BCUT2D eigenvalue weighted by Crippen LogP contribution is -2.13. The number of nitrogens with two attached hydrogens (primary N) is 1. The Morgan fingerprint density at radius 3 is 2.50 bits per heavy atom. The van der Waals surface area contributed by atoms with E-state index >= 15 is 0 Å². The summed E-state index contributed by atoms with van der Waals surface area (Å²) in [5, 5.41) is 7.22. The van der Waals surface area contributed by atoms with Crippen LogP contribution in [0.25, 0.3) is 11.3 Å². The van der Waals surface area contributed by atoms with Crippen molar-refractivity contribution in [1.82, 2.24) is 4.57 Å². The van der Waals surface area contributed by atoms with E-state index in [1.54, 1.807) is 13.2 Å². The number of thiazole rings is 1. The zero-order valence-corrected chi connectivity index (χ0v) is 16.4. The fourth-order valence-corrected chi connectivity index (χ4v) is 4.38. The maximum absolute atomic E-state index is 11.7. The van der Waals surface area contributed by atoms with Gasteiger partial charge in [0.2, 0.25) is 10.0 Å². The fraction of sp³-hybridized carbons (Fsp3) is 0.118. The van der Waals surface area contributed by atoms with Crippen molar-refractivity contribution in [1.29, 1.82) is 0 Å². The molecule has 0 bridgehead atoms. The van der Waals surface area contributed by atoms with Gasteiger partial charge in [0.15, 0.2) is 4.80 Å². The van der Waals surface area contributed by atoms with Crippen LogP contribution in [0, 0.1) is 0 Å². The third-order valence-electron chi connectivity index (χ3n) is 3.75. The third kappa shape index (κ3) is 3.83. The van der Waals surface area contributed by atoms with Crippen LogP contribution in [0.5, 0.6) is 5.75 Å².